The summed E-state index contributed by atoms with van der Waals surface area (Å²) in [6, 6.07) is 3.60. The molecule has 5 aromatic rings. The molecule has 0 saturated carbocycles. The van der Waals surface area contributed by atoms with E-state index in [4.69, 9.17) is 14.1 Å². The van der Waals surface area contributed by atoms with Crippen LogP contribution in [0.1, 0.15) is 32.7 Å². The predicted octanol–water partition coefficient (Wildman–Crippen LogP) is 2.86. The van der Waals surface area contributed by atoms with E-state index < -0.39 is 0 Å². The van der Waals surface area contributed by atoms with Crippen LogP contribution in [-0.2, 0) is 18.8 Å². The first-order valence-electron chi connectivity index (χ1n) is 11.2. The molecule has 6 heterocycles. The number of fused-ring (bicyclic) bond motifs is 3. The normalized spacial score (nSPS) is 21.0. The zero-order valence-corrected chi connectivity index (χ0v) is 19.3. The van der Waals surface area contributed by atoms with Crippen molar-refractivity contribution in [3.63, 3.8) is 0 Å². The van der Waals surface area contributed by atoms with Gasteiger partial charge in [0.25, 0.3) is 0 Å². The number of nitrogens with zero attached hydrogens (tertiary/aromatic N) is 8. The SMILES string of the molecule is C[C@@H]1CC(n2c(=O)nc(-c3cnn(C)c3)c3oc4ccc(-c5cn(C)nn5)nc4c32)C[C@H](C)O1. The van der Waals surface area contributed by atoms with Crippen molar-refractivity contribution in [3.05, 3.63) is 41.2 Å². The van der Waals surface area contributed by atoms with Crippen LogP contribution < -0.4 is 5.69 Å². The molecule has 0 radical (unpaired) electrons. The van der Waals surface area contributed by atoms with Gasteiger partial charge in [-0.3, -0.25) is 13.9 Å². The van der Waals surface area contributed by atoms with E-state index in [-0.39, 0.29) is 23.9 Å². The van der Waals surface area contributed by atoms with E-state index in [1.807, 2.05) is 39.2 Å². The van der Waals surface area contributed by atoms with Crippen molar-refractivity contribution in [1.82, 2.24) is 39.3 Å². The maximum absolute atomic E-state index is 13.5. The molecule has 6 rings (SSSR count). The Balaban J connectivity index is 1.67. The Bertz CT molecular complexity index is 1580. The van der Waals surface area contributed by atoms with Crippen LogP contribution in [0, 0.1) is 0 Å². The summed E-state index contributed by atoms with van der Waals surface area (Å²) in [5.74, 6) is 0. The van der Waals surface area contributed by atoms with Crippen LogP contribution in [0.25, 0.3) is 44.8 Å². The molecule has 1 unspecified atom stereocenters. The topological polar surface area (TPSA) is 119 Å². The number of pyridine rings is 1. The summed E-state index contributed by atoms with van der Waals surface area (Å²) in [4.78, 5) is 22.9. The molecule has 1 fully saturated rings. The lowest BCUT2D eigenvalue weighted by atomic mass is 9.99. The Labute approximate surface area is 194 Å². The van der Waals surface area contributed by atoms with Crippen molar-refractivity contribution in [2.75, 3.05) is 0 Å². The Kier molecular flexibility index (Phi) is 4.63. The van der Waals surface area contributed by atoms with E-state index in [9.17, 15) is 4.79 Å². The second-order valence-electron chi connectivity index (χ2n) is 9.00. The molecule has 1 saturated heterocycles. The molecular weight excluding hydrogens is 436 g/mol. The van der Waals surface area contributed by atoms with Gasteiger partial charge in [-0.25, -0.2) is 9.78 Å². The van der Waals surface area contributed by atoms with Gasteiger partial charge in [0.2, 0.25) is 0 Å². The van der Waals surface area contributed by atoms with Crippen molar-refractivity contribution < 1.29 is 9.15 Å². The van der Waals surface area contributed by atoms with E-state index in [2.05, 4.69) is 20.4 Å². The van der Waals surface area contributed by atoms with Crippen molar-refractivity contribution >= 4 is 22.2 Å². The molecule has 0 amide bonds. The molecule has 0 bridgehead atoms. The van der Waals surface area contributed by atoms with Crippen LogP contribution in [0.5, 0.6) is 0 Å². The molecule has 0 aromatic carbocycles. The molecular formula is C23H24N8O3. The molecule has 174 valence electrons. The van der Waals surface area contributed by atoms with Gasteiger partial charge in [-0.15, -0.1) is 5.10 Å². The third-order valence-corrected chi connectivity index (χ3v) is 6.26. The summed E-state index contributed by atoms with van der Waals surface area (Å²) in [7, 11) is 3.62. The minimum atomic E-state index is -0.341. The highest BCUT2D eigenvalue weighted by Crippen LogP contribution is 2.37. The minimum absolute atomic E-state index is 0.0231. The summed E-state index contributed by atoms with van der Waals surface area (Å²) >= 11 is 0. The number of furan rings is 1. The predicted molar refractivity (Wildman–Crippen MR) is 124 cm³/mol. The van der Waals surface area contributed by atoms with Crippen molar-refractivity contribution in [3.8, 4) is 22.6 Å². The summed E-state index contributed by atoms with van der Waals surface area (Å²) in [6.07, 6.45) is 6.73. The Hall–Kier alpha value is -3.86. The number of ether oxygens (including phenoxy) is 1. The first kappa shape index (κ1) is 20.7. The lowest BCUT2D eigenvalue weighted by Crippen LogP contribution is -2.36. The van der Waals surface area contributed by atoms with Gasteiger partial charge in [0.05, 0.1) is 30.3 Å². The highest BCUT2D eigenvalue weighted by molar-refractivity contribution is 6.05. The van der Waals surface area contributed by atoms with E-state index in [1.54, 1.807) is 33.4 Å². The first-order chi connectivity index (χ1) is 16.4. The average Bonchev–Trinajstić information content (AvgIpc) is 3.50. The highest BCUT2D eigenvalue weighted by atomic mass is 16.5. The van der Waals surface area contributed by atoms with Crippen LogP contribution in [0.4, 0.5) is 0 Å². The molecule has 34 heavy (non-hydrogen) atoms. The van der Waals surface area contributed by atoms with Crippen molar-refractivity contribution in [1.29, 1.82) is 0 Å². The van der Waals surface area contributed by atoms with Gasteiger partial charge in [-0.2, -0.15) is 10.1 Å². The number of aromatic nitrogens is 8. The fourth-order valence-electron chi connectivity index (χ4n) is 4.91. The monoisotopic (exact) mass is 460 g/mol. The third kappa shape index (κ3) is 3.31. The highest BCUT2D eigenvalue weighted by Gasteiger charge is 2.31. The minimum Gasteiger partial charge on any atom is -0.450 e. The second kappa shape index (κ2) is 7.59. The largest absolute Gasteiger partial charge is 0.450 e. The number of hydrogen-bond donors (Lipinski definition) is 0. The quantitative estimate of drug-likeness (QED) is 0.403. The van der Waals surface area contributed by atoms with Gasteiger partial charge in [0.1, 0.15) is 22.4 Å². The number of aryl methyl sites for hydroxylation is 2. The molecule has 3 atom stereocenters. The lowest BCUT2D eigenvalue weighted by Gasteiger charge is -2.33. The van der Waals surface area contributed by atoms with Gasteiger partial charge >= 0.3 is 5.69 Å². The molecule has 5 aromatic heterocycles. The zero-order chi connectivity index (χ0) is 23.6. The first-order valence-corrected chi connectivity index (χ1v) is 11.2. The molecule has 11 nitrogen and oxygen atoms in total. The van der Waals surface area contributed by atoms with Gasteiger partial charge in [0.15, 0.2) is 11.2 Å². The van der Waals surface area contributed by atoms with Gasteiger partial charge in [-0.1, -0.05) is 5.21 Å². The molecule has 0 N–H and O–H groups in total. The molecule has 1 aliphatic rings. The fourth-order valence-corrected chi connectivity index (χ4v) is 4.91. The number of rotatable bonds is 3. The molecule has 11 heteroatoms. The van der Waals surface area contributed by atoms with E-state index in [1.165, 1.54) is 0 Å². The van der Waals surface area contributed by atoms with Gasteiger partial charge in [0, 0.05) is 31.9 Å². The van der Waals surface area contributed by atoms with Crippen LogP contribution >= 0.6 is 0 Å². The molecule has 0 spiro atoms. The summed E-state index contributed by atoms with van der Waals surface area (Å²) in [5, 5.41) is 12.5. The van der Waals surface area contributed by atoms with E-state index in [0.717, 1.165) is 0 Å². The lowest BCUT2D eigenvalue weighted by molar-refractivity contribution is -0.0486. The maximum atomic E-state index is 13.5. The molecule has 0 aliphatic carbocycles. The Morgan fingerprint density at radius 1 is 1.00 bits per heavy atom. The van der Waals surface area contributed by atoms with E-state index in [0.29, 0.717) is 57.7 Å². The average molecular weight is 460 g/mol. The standard InChI is InChI=1S/C23H24N8O3/c1-12-7-15(8-13(2)33-12)31-21-20-18(6-5-16(25-20)17-11-30(4)28-27-17)34-22(21)19(26-23(31)32)14-9-24-29(3)10-14/h5-6,9-13,15H,7-8H2,1-4H3/t12-,13+,15?. The summed E-state index contributed by atoms with van der Waals surface area (Å²) in [6.45, 7) is 4.06. The smallest absolute Gasteiger partial charge is 0.349 e. The second-order valence-corrected chi connectivity index (χ2v) is 9.00. The van der Waals surface area contributed by atoms with Gasteiger partial charge < -0.3 is 9.15 Å². The van der Waals surface area contributed by atoms with Crippen LogP contribution in [-0.4, -0.2) is 51.5 Å². The summed E-state index contributed by atoms with van der Waals surface area (Å²) in [5.41, 5.74) is 4.42. The Morgan fingerprint density at radius 2 is 1.79 bits per heavy atom. The maximum Gasteiger partial charge on any atom is 0.349 e. The fraction of sp³-hybridized carbons (Fsp3) is 0.391. The van der Waals surface area contributed by atoms with Crippen molar-refractivity contribution in [2.24, 2.45) is 14.1 Å². The van der Waals surface area contributed by atoms with E-state index >= 15 is 0 Å². The molecule has 1 aliphatic heterocycles. The van der Waals surface area contributed by atoms with Crippen molar-refractivity contribution in [2.45, 2.75) is 44.9 Å². The van der Waals surface area contributed by atoms with Crippen LogP contribution in [0.3, 0.4) is 0 Å². The summed E-state index contributed by atoms with van der Waals surface area (Å²) < 4.78 is 17.3. The third-order valence-electron chi connectivity index (χ3n) is 6.26. The Morgan fingerprint density at radius 3 is 2.47 bits per heavy atom. The van der Waals surface area contributed by atoms with Crippen LogP contribution in [0.15, 0.2) is 39.9 Å². The zero-order valence-electron chi connectivity index (χ0n) is 19.3. The number of hydrogen-bond acceptors (Lipinski definition) is 8. The van der Waals surface area contributed by atoms with Gasteiger partial charge in [-0.05, 0) is 38.8 Å². The van der Waals surface area contributed by atoms with Crippen LogP contribution in [0.2, 0.25) is 0 Å².